The molecule has 0 aliphatic carbocycles. The number of carbonyl (C=O) groups is 2. The number of ether oxygens (including phenoxy) is 2. The van der Waals surface area contributed by atoms with E-state index in [1.165, 1.54) is 23.6 Å². The molecule has 0 bridgehead atoms. The molecule has 0 spiro atoms. The van der Waals surface area contributed by atoms with Crippen LogP contribution in [0.2, 0.25) is 5.02 Å². The summed E-state index contributed by atoms with van der Waals surface area (Å²) in [5.41, 5.74) is 2.84. The SMILES string of the molecule is COc1cc(/C=C2\SC(=S)N(c3ccc(C(C)=O)cc3)C2=O)ccc1OCc1ccccc1Cl. The molecule has 1 amide bonds. The summed E-state index contributed by atoms with van der Waals surface area (Å²) >= 11 is 12.9. The van der Waals surface area contributed by atoms with Crippen molar-refractivity contribution in [3.63, 3.8) is 0 Å². The molecule has 1 saturated heterocycles. The molecule has 0 radical (unpaired) electrons. The zero-order valence-electron chi connectivity index (χ0n) is 18.4. The van der Waals surface area contributed by atoms with Crippen molar-refractivity contribution in [3.8, 4) is 11.5 Å². The molecular formula is C26H20ClNO4S2. The Hall–Kier alpha value is -3.13. The molecule has 1 aliphatic rings. The Morgan fingerprint density at radius 2 is 1.82 bits per heavy atom. The lowest BCUT2D eigenvalue weighted by molar-refractivity contribution is -0.113. The number of carbonyl (C=O) groups excluding carboxylic acids is 2. The van der Waals surface area contributed by atoms with Crippen molar-refractivity contribution in [3.05, 3.63) is 93.3 Å². The average Bonchev–Trinajstić information content (AvgIpc) is 3.11. The van der Waals surface area contributed by atoms with Crippen LogP contribution in [0.3, 0.4) is 0 Å². The van der Waals surface area contributed by atoms with E-state index in [0.29, 0.717) is 43.6 Å². The molecule has 172 valence electrons. The Morgan fingerprint density at radius 3 is 2.50 bits per heavy atom. The number of methoxy groups -OCH3 is 1. The topological polar surface area (TPSA) is 55.8 Å². The monoisotopic (exact) mass is 509 g/mol. The van der Waals surface area contributed by atoms with Gasteiger partial charge in [-0.05, 0) is 61.0 Å². The van der Waals surface area contributed by atoms with Gasteiger partial charge in [0.1, 0.15) is 6.61 Å². The van der Waals surface area contributed by atoms with E-state index < -0.39 is 0 Å². The number of hydrogen-bond acceptors (Lipinski definition) is 6. The van der Waals surface area contributed by atoms with Crippen LogP contribution in [0.4, 0.5) is 5.69 Å². The smallest absolute Gasteiger partial charge is 0.270 e. The van der Waals surface area contributed by atoms with Gasteiger partial charge in [-0.25, -0.2) is 0 Å². The second-order valence-electron chi connectivity index (χ2n) is 7.41. The van der Waals surface area contributed by atoms with E-state index in [1.807, 2.05) is 30.3 Å². The summed E-state index contributed by atoms with van der Waals surface area (Å²) in [5.74, 6) is 0.849. The summed E-state index contributed by atoms with van der Waals surface area (Å²) in [4.78, 5) is 26.5. The molecule has 4 rings (SSSR count). The fourth-order valence-electron chi connectivity index (χ4n) is 3.35. The van der Waals surface area contributed by atoms with E-state index in [4.69, 9.17) is 33.3 Å². The van der Waals surface area contributed by atoms with Crippen molar-refractivity contribution in [2.75, 3.05) is 12.0 Å². The first-order chi connectivity index (χ1) is 16.4. The molecule has 0 saturated carbocycles. The second kappa shape index (κ2) is 10.4. The van der Waals surface area contributed by atoms with E-state index in [2.05, 4.69) is 0 Å². The third kappa shape index (κ3) is 5.17. The number of rotatable bonds is 7. The van der Waals surface area contributed by atoms with Gasteiger partial charge in [-0.1, -0.05) is 59.8 Å². The van der Waals surface area contributed by atoms with Crippen LogP contribution in [0.15, 0.2) is 71.6 Å². The molecule has 0 unspecified atom stereocenters. The number of hydrogen-bond donors (Lipinski definition) is 0. The summed E-state index contributed by atoms with van der Waals surface area (Å²) in [6.45, 7) is 1.80. The highest BCUT2D eigenvalue weighted by Crippen LogP contribution is 2.37. The number of benzene rings is 3. The van der Waals surface area contributed by atoms with E-state index in [-0.39, 0.29) is 11.7 Å². The fourth-order valence-corrected chi connectivity index (χ4v) is 4.84. The van der Waals surface area contributed by atoms with Gasteiger partial charge in [0.05, 0.1) is 17.7 Å². The predicted molar refractivity (Wildman–Crippen MR) is 141 cm³/mol. The Morgan fingerprint density at radius 1 is 1.09 bits per heavy atom. The summed E-state index contributed by atoms with van der Waals surface area (Å²) in [6, 6.07) is 19.7. The van der Waals surface area contributed by atoms with Crippen LogP contribution in [0.5, 0.6) is 11.5 Å². The van der Waals surface area contributed by atoms with Crippen LogP contribution in [-0.2, 0) is 11.4 Å². The molecule has 1 fully saturated rings. The summed E-state index contributed by atoms with van der Waals surface area (Å²) in [5, 5.41) is 0.635. The minimum Gasteiger partial charge on any atom is -0.493 e. The lowest BCUT2D eigenvalue weighted by Gasteiger charge is -2.14. The maximum Gasteiger partial charge on any atom is 0.270 e. The van der Waals surface area contributed by atoms with Gasteiger partial charge < -0.3 is 9.47 Å². The minimum atomic E-state index is -0.219. The maximum absolute atomic E-state index is 13.1. The molecule has 0 atom stereocenters. The molecule has 0 aromatic heterocycles. The molecule has 8 heteroatoms. The van der Waals surface area contributed by atoms with Crippen molar-refractivity contribution < 1.29 is 19.1 Å². The standard InChI is InChI=1S/C26H20ClNO4S2/c1-16(29)18-8-10-20(11-9-18)28-25(30)24(34-26(28)33)14-17-7-12-22(23(13-17)31-2)32-15-19-5-3-4-6-21(19)27/h3-14H,15H2,1-2H3/b24-14-. The number of thiocarbonyl (C=S) groups is 1. The van der Waals surface area contributed by atoms with Crippen molar-refractivity contribution in [2.45, 2.75) is 13.5 Å². The number of nitrogens with zero attached hydrogens (tertiary/aromatic N) is 1. The molecular weight excluding hydrogens is 490 g/mol. The van der Waals surface area contributed by atoms with E-state index in [1.54, 1.807) is 49.6 Å². The lowest BCUT2D eigenvalue weighted by Crippen LogP contribution is -2.27. The Balaban J connectivity index is 1.53. The van der Waals surface area contributed by atoms with Crippen LogP contribution in [0.1, 0.15) is 28.4 Å². The van der Waals surface area contributed by atoms with Gasteiger partial charge in [0.25, 0.3) is 5.91 Å². The van der Waals surface area contributed by atoms with Crippen molar-refractivity contribution in [1.82, 2.24) is 0 Å². The number of halogens is 1. The first-order valence-electron chi connectivity index (χ1n) is 10.3. The number of ketones is 1. The van der Waals surface area contributed by atoms with Gasteiger partial charge in [0, 0.05) is 16.1 Å². The third-order valence-corrected chi connectivity index (χ3v) is 6.82. The minimum absolute atomic E-state index is 0.0370. The quantitative estimate of drug-likeness (QED) is 0.205. The largest absolute Gasteiger partial charge is 0.493 e. The Labute approximate surface area is 212 Å². The van der Waals surface area contributed by atoms with Crippen LogP contribution in [0, 0.1) is 0 Å². The van der Waals surface area contributed by atoms with Gasteiger partial charge in [-0.15, -0.1) is 0 Å². The molecule has 3 aromatic rings. The molecule has 1 heterocycles. The molecule has 1 aliphatic heterocycles. The van der Waals surface area contributed by atoms with Gasteiger partial charge in [0.15, 0.2) is 21.6 Å². The average molecular weight is 510 g/mol. The zero-order chi connectivity index (χ0) is 24.2. The van der Waals surface area contributed by atoms with E-state index in [0.717, 1.165) is 11.1 Å². The zero-order valence-corrected chi connectivity index (χ0v) is 20.8. The highest BCUT2D eigenvalue weighted by atomic mass is 35.5. The third-order valence-electron chi connectivity index (χ3n) is 5.15. The first-order valence-corrected chi connectivity index (χ1v) is 11.9. The summed E-state index contributed by atoms with van der Waals surface area (Å²) in [7, 11) is 1.56. The molecule has 5 nitrogen and oxygen atoms in total. The normalized spacial score (nSPS) is 14.6. The fraction of sp³-hybridized carbons (Fsp3) is 0.115. The Kier molecular flexibility index (Phi) is 7.36. The number of amides is 1. The summed E-state index contributed by atoms with van der Waals surface area (Å²) in [6.07, 6.45) is 1.77. The van der Waals surface area contributed by atoms with Crippen LogP contribution in [-0.4, -0.2) is 23.1 Å². The molecule has 34 heavy (non-hydrogen) atoms. The number of thioether (sulfide) groups is 1. The summed E-state index contributed by atoms with van der Waals surface area (Å²) < 4.78 is 11.8. The van der Waals surface area contributed by atoms with Crippen molar-refractivity contribution >= 4 is 63.4 Å². The van der Waals surface area contributed by atoms with Gasteiger partial charge in [-0.3, -0.25) is 14.5 Å². The van der Waals surface area contributed by atoms with E-state index in [9.17, 15) is 9.59 Å². The van der Waals surface area contributed by atoms with Crippen LogP contribution in [0.25, 0.3) is 6.08 Å². The highest BCUT2D eigenvalue weighted by Gasteiger charge is 2.33. The highest BCUT2D eigenvalue weighted by molar-refractivity contribution is 8.27. The van der Waals surface area contributed by atoms with Crippen LogP contribution >= 0.6 is 35.6 Å². The first kappa shape index (κ1) is 24.0. The van der Waals surface area contributed by atoms with Gasteiger partial charge >= 0.3 is 0 Å². The second-order valence-corrected chi connectivity index (χ2v) is 9.49. The van der Waals surface area contributed by atoms with Crippen molar-refractivity contribution in [2.24, 2.45) is 0 Å². The van der Waals surface area contributed by atoms with Gasteiger partial charge in [0.2, 0.25) is 0 Å². The number of Topliss-reactive ketones (excluding diaryl/α,β-unsaturated/α-hetero) is 1. The lowest BCUT2D eigenvalue weighted by atomic mass is 10.1. The van der Waals surface area contributed by atoms with Crippen molar-refractivity contribution in [1.29, 1.82) is 0 Å². The predicted octanol–water partition coefficient (Wildman–Crippen LogP) is 6.54. The van der Waals surface area contributed by atoms with Gasteiger partial charge in [-0.2, -0.15) is 0 Å². The van der Waals surface area contributed by atoms with Crippen LogP contribution < -0.4 is 14.4 Å². The molecule has 3 aromatic carbocycles. The Bertz CT molecular complexity index is 1300. The maximum atomic E-state index is 13.1. The van der Waals surface area contributed by atoms with E-state index >= 15 is 0 Å². The molecule has 0 N–H and O–H groups in total. The number of anilines is 1.